The molecule has 0 saturated heterocycles. The van der Waals surface area contributed by atoms with Gasteiger partial charge < -0.3 is 0 Å². The summed E-state index contributed by atoms with van der Waals surface area (Å²) in [6, 6.07) is 11.4. The highest BCUT2D eigenvalue weighted by Gasteiger charge is 2.10. The molecule has 3 aromatic rings. The van der Waals surface area contributed by atoms with Gasteiger partial charge in [-0.05, 0) is 24.3 Å². The Balaban J connectivity index is 2.45. The fraction of sp³-hybridized carbons (Fsp3) is 0.0769. The summed E-state index contributed by atoms with van der Waals surface area (Å²) in [7, 11) is 1.76. The zero-order valence-corrected chi connectivity index (χ0v) is 9.37. The second-order valence-electron chi connectivity index (χ2n) is 3.87. The molecule has 0 fully saturated rings. The molecule has 84 valence electrons. The lowest BCUT2D eigenvalue weighted by atomic mass is 10.2. The van der Waals surface area contributed by atoms with Crippen LogP contribution in [-0.2, 0) is 7.05 Å². The Morgan fingerprint density at radius 2 is 1.94 bits per heavy atom. The molecule has 0 radical (unpaired) electrons. The van der Waals surface area contributed by atoms with E-state index in [9.17, 15) is 4.79 Å². The quantitative estimate of drug-likeness (QED) is 0.632. The molecule has 0 aliphatic carbocycles. The minimum absolute atomic E-state index is 0.00412. The molecule has 0 bridgehead atoms. The Labute approximate surface area is 97.7 Å². The average Bonchev–Trinajstić information content (AvgIpc) is 2.64. The van der Waals surface area contributed by atoms with Crippen LogP contribution < -0.4 is 5.56 Å². The Bertz CT molecular complexity index is 725. The normalized spacial score (nSPS) is 10.9. The van der Waals surface area contributed by atoms with Crippen LogP contribution in [0.15, 0.2) is 53.6 Å². The minimum Gasteiger partial charge on any atom is -0.267 e. The van der Waals surface area contributed by atoms with Gasteiger partial charge in [-0.3, -0.25) is 9.78 Å². The fourth-order valence-electron chi connectivity index (χ4n) is 2.06. The van der Waals surface area contributed by atoms with Crippen LogP contribution in [0.2, 0.25) is 0 Å². The molecular weight excluding hydrogens is 214 g/mol. The predicted molar refractivity (Wildman–Crippen MR) is 66.3 cm³/mol. The van der Waals surface area contributed by atoms with Gasteiger partial charge in [-0.15, -0.1) is 0 Å². The summed E-state index contributed by atoms with van der Waals surface area (Å²) in [4.78, 5) is 16.1. The van der Waals surface area contributed by atoms with E-state index < -0.39 is 0 Å². The molecule has 0 unspecified atom stereocenters. The van der Waals surface area contributed by atoms with Crippen molar-refractivity contribution in [2.75, 3.05) is 0 Å². The number of aromatic nitrogens is 3. The molecule has 4 nitrogen and oxygen atoms in total. The monoisotopic (exact) mass is 225 g/mol. The molecule has 0 saturated carbocycles. The number of pyridine rings is 1. The Kier molecular flexibility index (Phi) is 2.08. The van der Waals surface area contributed by atoms with Gasteiger partial charge in [-0.2, -0.15) is 0 Å². The van der Waals surface area contributed by atoms with E-state index in [0.717, 1.165) is 16.6 Å². The van der Waals surface area contributed by atoms with Crippen LogP contribution >= 0.6 is 0 Å². The van der Waals surface area contributed by atoms with Crippen LogP contribution in [0.1, 0.15) is 0 Å². The molecule has 0 aliphatic rings. The molecule has 4 heteroatoms. The molecule has 0 aliphatic heterocycles. The second kappa shape index (κ2) is 3.59. The highest BCUT2D eigenvalue weighted by molar-refractivity contribution is 5.80. The summed E-state index contributed by atoms with van der Waals surface area (Å²) in [6.07, 6.45) is 3.46. The van der Waals surface area contributed by atoms with E-state index in [1.54, 1.807) is 24.1 Å². The van der Waals surface area contributed by atoms with Gasteiger partial charge >= 0.3 is 0 Å². The highest BCUT2D eigenvalue weighted by atomic mass is 16.1. The third kappa shape index (κ3) is 1.38. The van der Waals surface area contributed by atoms with E-state index in [0.29, 0.717) is 0 Å². The van der Waals surface area contributed by atoms with Crippen LogP contribution in [0, 0.1) is 0 Å². The number of fused-ring (bicyclic) bond motifs is 1. The van der Waals surface area contributed by atoms with Crippen molar-refractivity contribution in [1.29, 1.82) is 0 Å². The Hall–Kier alpha value is -2.36. The molecule has 0 amide bonds. The van der Waals surface area contributed by atoms with Gasteiger partial charge in [0.15, 0.2) is 0 Å². The third-order valence-electron chi connectivity index (χ3n) is 2.85. The maximum atomic E-state index is 12.0. The first kappa shape index (κ1) is 9.84. The van der Waals surface area contributed by atoms with Crippen molar-refractivity contribution < 1.29 is 0 Å². The minimum atomic E-state index is 0.00412. The molecule has 2 aromatic heterocycles. The first-order valence-corrected chi connectivity index (χ1v) is 5.36. The van der Waals surface area contributed by atoms with Crippen molar-refractivity contribution in [3.05, 3.63) is 59.1 Å². The van der Waals surface area contributed by atoms with Gasteiger partial charge in [-0.25, -0.2) is 9.36 Å². The summed E-state index contributed by atoms with van der Waals surface area (Å²) >= 11 is 0. The van der Waals surface area contributed by atoms with E-state index >= 15 is 0 Å². The SMILES string of the molecule is Cn1c(=O)c2ccccc2n1-c1cccnc1. The first-order valence-electron chi connectivity index (χ1n) is 5.36. The van der Waals surface area contributed by atoms with Crippen molar-refractivity contribution in [1.82, 2.24) is 14.3 Å². The molecular formula is C13H11N3O. The predicted octanol–water partition coefficient (Wildman–Crippen LogP) is 1.72. The van der Waals surface area contributed by atoms with E-state index in [1.165, 1.54) is 0 Å². The van der Waals surface area contributed by atoms with Gasteiger partial charge in [0, 0.05) is 13.2 Å². The van der Waals surface area contributed by atoms with Crippen molar-refractivity contribution in [3.8, 4) is 5.69 Å². The van der Waals surface area contributed by atoms with E-state index in [2.05, 4.69) is 4.98 Å². The Morgan fingerprint density at radius 1 is 1.12 bits per heavy atom. The molecule has 3 rings (SSSR count). The molecule has 1 aromatic carbocycles. The average molecular weight is 225 g/mol. The van der Waals surface area contributed by atoms with Gasteiger partial charge in [0.05, 0.1) is 22.8 Å². The van der Waals surface area contributed by atoms with Crippen molar-refractivity contribution >= 4 is 10.9 Å². The van der Waals surface area contributed by atoms with E-state index in [1.807, 2.05) is 41.1 Å². The number of nitrogens with zero attached hydrogens (tertiary/aromatic N) is 3. The molecule has 0 atom stereocenters. The second-order valence-corrected chi connectivity index (χ2v) is 3.87. The lowest BCUT2D eigenvalue weighted by Gasteiger charge is -2.07. The molecule has 0 spiro atoms. The number of para-hydroxylation sites is 1. The molecule has 17 heavy (non-hydrogen) atoms. The topological polar surface area (TPSA) is 39.8 Å². The van der Waals surface area contributed by atoms with Crippen LogP contribution in [0.5, 0.6) is 0 Å². The van der Waals surface area contributed by atoms with Crippen LogP contribution in [-0.4, -0.2) is 14.3 Å². The summed E-state index contributed by atoms with van der Waals surface area (Å²) in [5, 5.41) is 0.721. The number of benzene rings is 1. The number of hydrogen-bond acceptors (Lipinski definition) is 2. The summed E-state index contributed by atoms with van der Waals surface area (Å²) in [5.74, 6) is 0. The zero-order chi connectivity index (χ0) is 11.8. The molecule has 2 heterocycles. The van der Waals surface area contributed by atoms with Crippen LogP contribution in [0.3, 0.4) is 0 Å². The maximum absolute atomic E-state index is 12.0. The zero-order valence-electron chi connectivity index (χ0n) is 9.37. The van der Waals surface area contributed by atoms with Gasteiger partial charge in [0.2, 0.25) is 0 Å². The first-order chi connectivity index (χ1) is 8.29. The fourth-order valence-corrected chi connectivity index (χ4v) is 2.06. The maximum Gasteiger partial charge on any atom is 0.274 e. The van der Waals surface area contributed by atoms with Crippen molar-refractivity contribution in [3.63, 3.8) is 0 Å². The van der Waals surface area contributed by atoms with Gasteiger partial charge in [0.1, 0.15) is 0 Å². The van der Waals surface area contributed by atoms with Crippen LogP contribution in [0.4, 0.5) is 0 Å². The smallest absolute Gasteiger partial charge is 0.267 e. The summed E-state index contributed by atoms with van der Waals surface area (Å²) in [5.41, 5.74) is 1.78. The number of rotatable bonds is 1. The van der Waals surface area contributed by atoms with Crippen LogP contribution in [0.25, 0.3) is 16.6 Å². The number of hydrogen-bond donors (Lipinski definition) is 0. The standard InChI is InChI=1S/C13H11N3O/c1-15-13(17)11-6-2-3-7-12(11)16(15)10-5-4-8-14-9-10/h2-9H,1H3. The van der Waals surface area contributed by atoms with Gasteiger partial charge in [0.25, 0.3) is 5.56 Å². The van der Waals surface area contributed by atoms with Gasteiger partial charge in [-0.1, -0.05) is 12.1 Å². The summed E-state index contributed by atoms with van der Waals surface area (Å²) in [6.45, 7) is 0. The van der Waals surface area contributed by atoms with E-state index in [-0.39, 0.29) is 5.56 Å². The summed E-state index contributed by atoms with van der Waals surface area (Å²) < 4.78 is 3.46. The lowest BCUT2D eigenvalue weighted by molar-refractivity contribution is 0.654. The highest BCUT2D eigenvalue weighted by Crippen LogP contribution is 2.15. The molecule has 0 N–H and O–H groups in total. The van der Waals surface area contributed by atoms with Crippen molar-refractivity contribution in [2.45, 2.75) is 0 Å². The van der Waals surface area contributed by atoms with Crippen molar-refractivity contribution in [2.24, 2.45) is 7.05 Å². The largest absolute Gasteiger partial charge is 0.274 e. The van der Waals surface area contributed by atoms with E-state index in [4.69, 9.17) is 0 Å². The third-order valence-corrected chi connectivity index (χ3v) is 2.85. The Morgan fingerprint density at radius 3 is 2.71 bits per heavy atom. The lowest BCUT2D eigenvalue weighted by Crippen LogP contribution is -2.17.